The minimum atomic E-state index is -1.13. The first kappa shape index (κ1) is 11.8. The Hall–Kier alpha value is -1.32. The number of hydrogen-bond acceptors (Lipinski definition) is 2. The molecule has 0 aromatic rings. The Labute approximate surface area is 88.6 Å². The molecular formula is C11H16O4. The minimum absolute atomic E-state index is 0.235. The van der Waals surface area contributed by atoms with Crippen molar-refractivity contribution in [2.45, 2.75) is 32.1 Å². The Morgan fingerprint density at radius 1 is 1.40 bits per heavy atom. The molecule has 0 aromatic carbocycles. The van der Waals surface area contributed by atoms with Gasteiger partial charge in [-0.15, -0.1) is 6.58 Å². The topological polar surface area (TPSA) is 74.6 Å². The summed E-state index contributed by atoms with van der Waals surface area (Å²) in [5.41, 5.74) is -1.13. The van der Waals surface area contributed by atoms with Crippen molar-refractivity contribution in [3.05, 3.63) is 12.7 Å². The van der Waals surface area contributed by atoms with Crippen LogP contribution >= 0.6 is 0 Å². The number of allylic oxidation sites excluding steroid dienone is 1. The molecular weight excluding hydrogens is 196 g/mol. The highest BCUT2D eigenvalue weighted by Crippen LogP contribution is 2.44. The summed E-state index contributed by atoms with van der Waals surface area (Å²) in [5, 5.41) is 18.3. The first-order valence-electron chi connectivity index (χ1n) is 5.11. The van der Waals surface area contributed by atoms with Gasteiger partial charge in [-0.3, -0.25) is 9.59 Å². The van der Waals surface area contributed by atoms with Gasteiger partial charge >= 0.3 is 11.9 Å². The Morgan fingerprint density at radius 2 is 2.07 bits per heavy atom. The average Bonchev–Trinajstić information content (AvgIpc) is 2.18. The zero-order valence-electron chi connectivity index (χ0n) is 8.61. The molecule has 4 heteroatoms. The summed E-state index contributed by atoms with van der Waals surface area (Å²) in [7, 11) is 0. The summed E-state index contributed by atoms with van der Waals surface area (Å²) in [6.07, 6.45) is 4.21. The molecule has 0 aliphatic heterocycles. The number of rotatable bonds is 4. The summed E-state index contributed by atoms with van der Waals surface area (Å²) in [5.74, 6) is -2.78. The maximum absolute atomic E-state index is 11.3. The molecule has 15 heavy (non-hydrogen) atoms. The molecule has 0 aromatic heterocycles. The second-order valence-corrected chi connectivity index (χ2v) is 4.09. The SMILES string of the molecule is C=CCC1(C(=O)O)CCCCC1C(=O)O. The third kappa shape index (κ3) is 2.03. The monoisotopic (exact) mass is 212 g/mol. The predicted molar refractivity (Wildman–Crippen MR) is 54.5 cm³/mol. The highest BCUT2D eigenvalue weighted by molar-refractivity contribution is 5.83. The van der Waals surface area contributed by atoms with E-state index < -0.39 is 23.3 Å². The van der Waals surface area contributed by atoms with E-state index in [1.54, 1.807) is 0 Å². The molecule has 0 spiro atoms. The van der Waals surface area contributed by atoms with Crippen LogP contribution in [0.5, 0.6) is 0 Å². The van der Waals surface area contributed by atoms with Crippen LogP contribution in [-0.2, 0) is 9.59 Å². The lowest BCUT2D eigenvalue weighted by Gasteiger charge is -2.37. The maximum atomic E-state index is 11.3. The number of carboxylic acid groups (broad SMARTS) is 2. The molecule has 1 fully saturated rings. The first-order chi connectivity index (χ1) is 7.04. The Bertz CT molecular complexity index is 284. The summed E-state index contributed by atoms with van der Waals surface area (Å²) >= 11 is 0. The largest absolute Gasteiger partial charge is 0.481 e. The Balaban J connectivity index is 3.03. The van der Waals surface area contributed by atoms with Gasteiger partial charge in [0.15, 0.2) is 0 Å². The molecule has 2 atom stereocenters. The van der Waals surface area contributed by atoms with Crippen molar-refractivity contribution < 1.29 is 19.8 Å². The van der Waals surface area contributed by atoms with Gasteiger partial charge in [-0.25, -0.2) is 0 Å². The fraction of sp³-hybridized carbons (Fsp3) is 0.636. The van der Waals surface area contributed by atoms with Gasteiger partial charge in [0.05, 0.1) is 11.3 Å². The minimum Gasteiger partial charge on any atom is -0.481 e. The fourth-order valence-electron chi connectivity index (χ4n) is 2.44. The molecule has 0 radical (unpaired) electrons. The normalized spacial score (nSPS) is 30.8. The van der Waals surface area contributed by atoms with Crippen LogP contribution in [0.3, 0.4) is 0 Å². The molecule has 0 amide bonds. The van der Waals surface area contributed by atoms with Gasteiger partial charge in [-0.2, -0.15) is 0 Å². The molecule has 2 unspecified atom stereocenters. The van der Waals surface area contributed by atoms with E-state index in [2.05, 4.69) is 6.58 Å². The zero-order valence-corrected chi connectivity index (χ0v) is 8.61. The summed E-state index contributed by atoms with van der Waals surface area (Å²) in [4.78, 5) is 22.3. The standard InChI is InChI=1S/C11H16O4/c1-2-6-11(10(14)15)7-4-3-5-8(11)9(12)13/h2,8H,1,3-7H2,(H,12,13)(H,14,15). The molecule has 1 rings (SSSR count). The van der Waals surface area contributed by atoms with Crippen molar-refractivity contribution >= 4 is 11.9 Å². The van der Waals surface area contributed by atoms with E-state index in [-0.39, 0.29) is 6.42 Å². The molecule has 0 saturated heterocycles. The highest BCUT2D eigenvalue weighted by Gasteiger charge is 2.49. The molecule has 1 aliphatic carbocycles. The summed E-state index contributed by atoms with van der Waals surface area (Å²) in [6.45, 7) is 3.52. The highest BCUT2D eigenvalue weighted by atomic mass is 16.4. The second-order valence-electron chi connectivity index (χ2n) is 4.09. The molecule has 0 heterocycles. The van der Waals surface area contributed by atoms with Crippen molar-refractivity contribution in [2.75, 3.05) is 0 Å². The average molecular weight is 212 g/mol. The first-order valence-corrected chi connectivity index (χ1v) is 5.11. The van der Waals surface area contributed by atoms with E-state index in [0.29, 0.717) is 12.8 Å². The smallest absolute Gasteiger partial charge is 0.310 e. The van der Waals surface area contributed by atoms with Crippen LogP contribution in [0, 0.1) is 11.3 Å². The van der Waals surface area contributed by atoms with Crippen LogP contribution in [0.15, 0.2) is 12.7 Å². The lowest BCUT2D eigenvalue weighted by molar-refractivity contribution is -0.165. The molecule has 2 N–H and O–H groups in total. The van der Waals surface area contributed by atoms with Gasteiger partial charge in [0, 0.05) is 0 Å². The number of carbonyl (C=O) groups is 2. The van der Waals surface area contributed by atoms with Gasteiger partial charge < -0.3 is 10.2 Å². The van der Waals surface area contributed by atoms with Gasteiger partial charge in [0.1, 0.15) is 0 Å². The summed E-state index contributed by atoms with van der Waals surface area (Å²) in [6, 6.07) is 0. The summed E-state index contributed by atoms with van der Waals surface area (Å²) < 4.78 is 0. The van der Waals surface area contributed by atoms with Crippen LogP contribution < -0.4 is 0 Å². The van der Waals surface area contributed by atoms with Gasteiger partial charge in [-0.1, -0.05) is 18.9 Å². The van der Waals surface area contributed by atoms with Crippen LogP contribution in [0.2, 0.25) is 0 Å². The fourth-order valence-corrected chi connectivity index (χ4v) is 2.44. The van der Waals surface area contributed by atoms with Crippen LogP contribution in [-0.4, -0.2) is 22.2 Å². The van der Waals surface area contributed by atoms with Crippen LogP contribution in [0.25, 0.3) is 0 Å². The third-order valence-electron chi connectivity index (χ3n) is 3.27. The number of carboxylic acids is 2. The third-order valence-corrected chi connectivity index (χ3v) is 3.27. The van der Waals surface area contributed by atoms with Gasteiger partial charge in [0.25, 0.3) is 0 Å². The van der Waals surface area contributed by atoms with E-state index in [9.17, 15) is 14.7 Å². The molecule has 0 bridgehead atoms. The lowest BCUT2D eigenvalue weighted by Crippen LogP contribution is -2.44. The maximum Gasteiger partial charge on any atom is 0.310 e. The van der Waals surface area contributed by atoms with E-state index in [1.165, 1.54) is 6.08 Å². The van der Waals surface area contributed by atoms with Crippen molar-refractivity contribution in [2.24, 2.45) is 11.3 Å². The van der Waals surface area contributed by atoms with Gasteiger partial charge in [0.2, 0.25) is 0 Å². The zero-order chi connectivity index (χ0) is 11.5. The van der Waals surface area contributed by atoms with Crippen molar-refractivity contribution in [1.82, 2.24) is 0 Å². The number of hydrogen-bond donors (Lipinski definition) is 2. The molecule has 4 nitrogen and oxygen atoms in total. The number of aliphatic carboxylic acids is 2. The van der Waals surface area contributed by atoms with E-state index >= 15 is 0 Å². The predicted octanol–water partition coefficient (Wildman–Crippen LogP) is 1.91. The van der Waals surface area contributed by atoms with Crippen molar-refractivity contribution in [1.29, 1.82) is 0 Å². The molecule has 1 saturated carbocycles. The quantitative estimate of drug-likeness (QED) is 0.698. The van der Waals surface area contributed by atoms with E-state index in [4.69, 9.17) is 5.11 Å². The van der Waals surface area contributed by atoms with Crippen LogP contribution in [0.1, 0.15) is 32.1 Å². The Morgan fingerprint density at radius 3 is 2.53 bits per heavy atom. The lowest BCUT2D eigenvalue weighted by atomic mass is 9.64. The van der Waals surface area contributed by atoms with Crippen molar-refractivity contribution in [3.8, 4) is 0 Å². The second kappa shape index (κ2) is 4.47. The van der Waals surface area contributed by atoms with E-state index in [0.717, 1.165) is 12.8 Å². The van der Waals surface area contributed by atoms with E-state index in [1.807, 2.05) is 0 Å². The van der Waals surface area contributed by atoms with Gasteiger partial charge in [-0.05, 0) is 19.3 Å². The molecule has 1 aliphatic rings. The Kier molecular flexibility index (Phi) is 3.50. The van der Waals surface area contributed by atoms with Crippen LogP contribution in [0.4, 0.5) is 0 Å². The molecule has 84 valence electrons. The van der Waals surface area contributed by atoms with Crippen molar-refractivity contribution in [3.63, 3.8) is 0 Å².